The number of fused-ring (bicyclic) bond motifs is 3. The van der Waals surface area contributed by atoms with Gasteiger partial charge in [0.2, 0.25) is 0 Å². The topological polar surface area (TPSA) is 78.4 Å². The van der Waals surface area contributed by atoms with Gasteiger partial charge in [-0.05, 0) is 57.1 Å². The first-order valence-corrected chi connectivity index (χ1v) is 11.6. The van der Waals surface area contributed by atoms with E-state index in [1.807, 2.05) is 0 Å². The minimum Gasteiger partial charge on any atom is -0.431 e. The minimum absolute atomic E-state index is 0.0543. The Labute approximate surface area is 185 Å². The van der Waals surface area contributed by atoms with Crippen molar-refractivity contribution in [2.24, 2.45) is 11.8 Å². The van der Waals surface area contributed by atoms with E-state index in [2.05, 4.69) is 39.2 Å². The molecular formula is C23H29F2N5O2. The van der Waals surface area contributed by atoms with E-state index in [1.165, 1.54) is 31.0 Å². The van der Waals surface area contributed by atoms with E-state index in [1.54, 1.807) is 6.20 Å². The quantitative estimate of drug-likeness (QED) is 0.731. The van der Waals surface area contributed by atoms with E-state index in [0.717, 1.165) is 18.8 Å². The van der Waals surface area contributed by atoms with Crippen LogP contribution in [0.15, 0.2) is 18.3 Å². The fourth-order valence-corrected chi connectivity index (χ4v) is 6.40. The number of morpholine rings is 1. The van der Waals surface area contributed by atoms with Crippen LogP contribution < -0.4 is 10.5 Å². The van der Waals surface area contributed by atoms with E-state index in [9.17, 15) is 8.78 Å². The van der Waals surface area contributed by atoms with Crippen molar-refractivity contribution in [2.45, 2.75) is 69.9 Å². The predicted octanol–water partition coefficient (Wildman–Crippen LogP) is 3.67. The molecule has 4 heterocycles. The van der Waals surface area contributed by atoms with Crippen LogP contribution in [0.1, 0.15) is 50.8 Å². The van der Waals surface area contributed by atoms with Crippen LogP contribution in [0.4, 0.5) is 14.6 Å². The summed E-state index contributed by atoms with van der Waals surface area (Å²) >= 11 is 0. The molecule has 9 heteroatoms. The van der Waals surface area contributed by atoms with Crippen LogP contribution in [0.2, 0.25) is 0 Å². The molecule has 0 amide bonds. The van der Waals surface area contributed by atoms with E-state index in [-0.39, 0.29) is 17.6 Å². The molecule has 4 atom stereocenters. The number of hydrogen-bond donors (Lipinski definition) is 1. The van der Waals surface area contributed by atoms with Gasteiger partial charge in [0.15, 0.2) is 11.6 Å². The van der Waals surface area contributed by atoms with Crippen molar-refractivity contribution in [1.82, 2.24) is 19.7 Å². The Morgan fingerprint density at radius 2 is 1.94 bits per heavy atom. The van der Waals surface area contributed by atoms with Crippen LogP contribution in [-0.2, 0) is 4.74 Å². The van der Waals surface area contributed by atoms with Gasteiger partial charge in [-0.25, -0.2) is 4.98 Å². The molecule has 2 saturated carbocycles. The standard InChI is InChI=1S/C23H29F2N5O2/c1-11(2)30-19(7-18(28-30)12-3-20(32-23(24)25)22(26)27-8-12)21-16-5-13(6-17(16)21)29-9-15-4-14(29)10-31-15/h3,7-8,11,13-17,21,23H,4-6,9-10H2,1-2H3,(H2,26,27)/t13?,14-,15-,16?,17?,21?/m0/s1. The number of anilines is 1. The zero-order valence-corrected chi connectivity index (χ0v) is 18.3. The van der Waals surface area contributed by atoms with E-state index in [0.29, 0.717) is 41.5 Å². The maximum atomic E-state index is 12.7. The lowest BCUT2D eigenvalue weighted by Crippen LogP contribution is -2.43. The second-order valence-corrected chi connectivity index (χ2v) is 10.00. The highest BCUT2D eigenvalue weighted by atomic mass is 19.3. The Kier molecular flexibility index (Phi) is 4.69. The number of nitrogens with two attached hydrogens (primary N) is 1. The van der Waals surface area contributed by atoms with Gasteiger partial charge in [-0.15, -0.1) is 0 Å². The minimum atomic E-state index is -2.95. The molecule has 4 aliphatic rings. The molecule has 2 aromatic rings. The molecule has 172 valence electrons. The summed E-state index contributed by atoms with van der Waals surface area (Å²) in [5.74, 6) is 1.74. The third-order valence-electron chi connectivity index (χ3n) is 7.82. The fourth-order valence-electron chi connectivity index (χ4n) is 6.40. The molecule has 2 N–H and O–H groups in total. The third-order valence-corrected chi connectivity index (χ3v) is 7.82. The molecule has 4 fully saturated rings. The van der Waals surface area contributed by atoms with Crippen LogP contribution in [-0.4, -0.2) is 57.6 Å². The lowest BCUT2D eigenvalue weighted by atomic mass is 10.0. The number of likely N-dealkylation sites (tertiary alicyclic amines) is 1. The molecule has 6 rings (SSSR count). The zero-order valence-electron chi connectivity index (χ0n) is 18.3. The van der Waals surface area contributed by atoms with Gasteiger partial charge >= 0.3 is 6.61 Å². The van der Waals surface area contributed by atoms with Crippen molar-refractivity contribution in [3.8, 4) is 17.0 Å². The van der Waals surface area contributed by atoms with E-state index in [4.69, 9.17) is 15.6 Å². The average molecular weight is 446 g/mol. The SMILES string of the molecule is CC(C)n1nc(-c2cnc(N)c(OC(F)F)c2)cc1C1C2CC(N3C[C@@H]4C[C@H]3CO4)CC21. The molecule has 0 aromatic carbocycles. The smallest absolute Gasteiger partial charge is 0.387 e. The maximum Gasteiger partial charge on any atom is 0.387 e. The van der Waals surface area contributed by atoms with Crippen molar-refractivity contribution in [2.75, 3.05) is 18.9 Å². The van der Waals surface area contributed by atoms with Gasteiger partial charge in [0.05, 0.1) is 18.4 Å². The molecule has 2 aromatic heterocycles. The maximum absolute atomic E-state index is 12.7. The Bertz CT molecular complexity index is 1020. The molecule has 0 spiro atoms. The number of aromatic nitrogens is 3. The van der Waals surface area contributed by atoms with Gasteiger partial charge in [-0.3, -0.25) is 9.58 Å². The Balaban J connectivity index is 1.22. The summed E-state index contributed by atoms with van der Waals surface area (Å²) in [7, 11) is 0. The van der Waals surface area contributed by atoms with Crippen LogP contribution in [0.5, 0.6) is 5.75 Å². The summed E-state index contributed by atoms with van der Waals surface area (Å²) in [4.78, 5) is 6.74. The predicted molar refractivity (Wildman–Crippen MR) is 114 cm³/mol. The van der Waals surface area contributed by atoms with Gasteiger partial charge in [-0.2, -0.15) is 13.9 Å². The van der Waals surface area contributed by atoms with Gasteiger partial charge in [-0.1, -0.05) is 0 Å². The highest BCUT2D eigenvalue weighted by Crippen LogP contribution is 2.64. The Morgan fingerprint density at radius 3 is 2.56 bits per heavy atom. The van der Waals surface area contributed by atoms with Crippen LogP contribution in [0, 0.1) is 11.8 Å². The summed E-state index contributed by atoms with van der Waals surface area (Å²) < 4.78 is 37.8. The van der Waals surface area contributed by atoms with Gasteiger partial charge in [0, 0.05) is 48.0 Å². The molecule has 7 nitrogen and oxygen atoms in total. The van der Waals surface area contributed by atoms with Crippen molar-refractivity contribution >= 4 is 5.82 Å². The second-order valence-electron chi connectivity index (χ2n) is 10.00. The summed E-state index contributed by atoms with van der Waals surface area (Å²) in [6.45, 7) is 3.29. The Hall–Kier alpha value is -2.26. The first-order valence-electron chi connectivity index (χ1n) is 11.6. The summed E-state index contributed by atoms with van der Waals surface area (Å²) in [5, 5.41) is 4.81. The van der Waals surface area contributed by atoms with Crippen molar-refractivity contribution < 1.29 is 18.3 Å². The number of pyridine rings is 1. The summed E-state index contributed by atoms with van der Waals surface area (Å²) in [6.07, 6.45) is 5.70. The number of alkyl halides is 2. The van der Waals surface area contributed by atoms with Crippen molar-refractivity contribution in [1.29, 1.82) is 0 Å². The summed E-state index contributed by atoms with van der Waals surface area (Å²) in [5.41, 5.74) is 8.29. The van der Waals surface area contributed by atoms with Crippen LogP contribution in [0.3, 0.4) is 0 Å². The molecular weight excluding hydrogens is 416 g/mol. The van der Waals surface area contributed by atoms with Gasteiger partial charge < -0.3 is 15.2 Å². The first-order chi connectivity index (χ1) is 15.4. The molecule has 2 bridgehead atoms. The second kappa shape index (κ2) is 7.38. The Morgan fingerprint density at radius 1 is 1.16 bits per heavy atom. The van der Waals surface area contributed by atoms with Gasteiger partial charge in [0.25, 0.3) is 0 Å². The number of nitrogens with zero attached hydrogens (tertiary/aromatic N) is 4. The lowest BCUT2D eigenvalue weighted by molar-refractivity contribution is -0.0494. The largest absolute Gasteiger partial charge is 0.431 e. The number of hydrogen-bond acceptors (Lipinski definition) is 6. The van der Waals surface area contributed by atoms with Gasteiger partial charge in [0.1, 0.15) is 0 Å². The molecule has 0 radical (unpaired) electrons. The normalized spacial score (nSPS) is 33.4. The van der Waals surface area contributed by atoms with Crippen LogP contribution >= 0.6 is 0 Å². The molecule has 32 heavy (non-hydrogen) atoms. The molecule has 2 aliphatic heterocycles. The number of halogens is 2. The fraction of sp³-hybridized carbons (Fsp3) is 0.652. The van der Waals surface area contributed by atoms with E-state index >= 15 is 0 Å². The van der Waals surface area contributed by atoms with E-state index < -0.39 is 6.61 Å². The lowest BCUT2D eigenvalue weighted by Gasteiger charge is -2.33. The molecule has 2 unspecified atom stereocenters. The van der Waals surface area contributed by atoms with Crippen LogP contribution in [0.25, 0.3) is 11.3 Å². The highest BCUT2D eigenvalue weighted by Gasteiger charge is 2.60. The zero-order chi connectivity index (χ0) is 22.1. The first kappa shape index (κ1) is 20.4. The number of ether oxygens (including phenoxy) is 2. The molecule has 2 saturated heterocycles. The highest BCUT2D eigenvalue weighted by molar-refractivity contribution is 5.64. The third kappa shape index (κ3) is 3.28. The number of rotatable bonds is 6. The molecule has 2 aliphatic carbocycles. The summed E-state index contributed by atoms with van der Waals surface area (Å²) in [6, 6.07) is 5.12. The number of nitrogen functional groups attached to an aromatic ring is 1. The van der Waals surface area contributed by atoms with Crippen molar-refractivity contribution in [3.05, 3.63) is 24.0 Å². The monoisotopic (exact) mass is 445 g/mol. The average Bonchev–Trinajstić information content (AvgIpc) is 3.33. The van der Waals surface area contributed by atoms with Crippen molar-refractivity contribution in [3.63, 3.8) is 0 Å².